The van der Waals surface area contributed by atoms with Crippen molar-refractivity contribution in [2.24, 2.45) is 11.7 Å². The Balaban J connectivity index is 2.18. The summed E-state index contributed by atoms with van der Waals surface area (Å²) in [5.41, 5.74) is 6.59. The highest BCUT2D eigenvalue weighted by Gasteiger charge is 2.41. The van der Waals surface area contributed by atoms with Gasteiger partial charge < -0.3 is 15.4 Å². The van der Waals surface area contributed by atoms with E-state index in [1.54, 1.807) is 11.8 Å². The molecule has 0 amide bonds. The number of ether oxygens (including phenoxy) is 1. The van der Waals surface area contributed by atoms with Crippen LogP contribution in [0.25, 0.3) is 0 Å². The van der Waals surface area contributed by atoms with Crippen molar-refractivity contribution in [3.63, 3.8) is 0 Å². The number of methoxy groups -OCH3 is 1. The van der Waals surface area contributed by atoms with Crippen LogP contribution in [0.4, 0.5) is 0 Å². The van der Waals surface area contributed by atoms with E-state index in [9.17, 15) is 4.79 Å². The minimum Gasteiger partial charge on any atom is -0.466 e. The summed E-state index contributed by atoms with van der Waals surface area (Å²) in [5, 5.41) is 1.09. The van der Waals surface area contributed by atoms with Gasteiger partial charge in [0.15, 0.2) is 0 Å². The lowest BCUT2D eigenvalue weighted by atomic mass is 9.89. The number of carbonyl (C=O) groups excluding carboxylic acids is 1. The third kappa shape index (κ3) is 1.86. The van der Waals surface area contributed by atoms with Crippen LogP contribution in [0.3, 0.4) is 0 Å². The van der Waals surface area contributed by atoms with Gasteiger partial charge in [-0.05, 0) is 20.0 Å². The van der Waals surface area contributed by atoms with E-state index in [0.717, 1.165) is 19.5 Å². The fourth-order valence-electron chi connectivity index (χ4n) is 2.29. The Morgan fingerprint density at radius 2 is 2.40 bits per heavy atom. The van der Waals surface area contributed by atoms with Crippen LogP contribution in [0, 0.1) is 5.92 Å². The highest BCUT2D eigenvalue weighted by atomic mass is 32.2. The van der Waals surface area contributed by atoms with Gasteiger partial charge in [-0.15, -0.1) is 11.8 Å². The maximum Gasteiger partial charge on any atom is 0.336 e. The maximum atomic E-state index is 11.6. The van der Waals surface area contributed by atoms with Crippen LogP contribution < -0.4 is 5.73 Å². The maximum absolute atomic E-state index is 11.6. The van der Waals surface area contributed by atoms with Gasteiger partial charge in [0.05, 0.1) is 17.7 Å². The Bertz CT molecular complexity index is 317. The summed E-state index contributed by atoms with van der Waals surface area (Å²) in [4.78, 5) is 13.9. The molecule has 0 aromatic rings. The number of rotatable bonds is 1. The van der Waals surface area contributed by atoms with Crippen molar-refractivity contribution in [2.45, 2.75) is 11.7 Å². The second-order valence-corrected chi connectivity index (χ2v) is 5.36. The molecule has 0 spiro atoms. The van der Waals surface area contributed by atoms with E-state index in [1.165, 1.54) is 7.11 Å². The van der Waals surface area contributed by atoms with Crippen LogP contribution in [-0.2, 0) is 9.53 Å². The average Bonchev–Trinajstić information content (AvgIpc) is 2.52. The molecule has 2 unspecified atom stereocenters. The molecule has 1 fully saturated rings. The van der Waals surface area contributed by atoms with Crippen molar-refractivity contribution in [3.05, 3.63) is 10.6 Å². The van der Waals surface area contributed by atoms with E-state index in [0.29, 0.717) is 21.8 Å². The van der Waals surface area contributed by atoms with Crippen LogP contribution in [0.1, 0.15) is 6.42 Å². The van der Waals surface area contributed by atoms with E-state index < -0.39 is 0 Å². The number of likely N-dealkylation sites (tertiary alicyclic amines) is 1. The van der Waals surface area contributed by atoms with Crippen LogP contribution in [-0.4, -0.2) is 43.4 Å². The number of esters is 1. The molecule has 0 bridgehead atoms. The largest absolute Gasteiger partial charge is 0.466 e. The molecule has 0 aromatic heterocycles. The summed E-state index contributed by atoms with van der Waals surface area (Å²) < 4.78 is 4.78. The first-order chi connectivity index (χ1) is 7.13. The summed E-state index contributed by atoms with van der Waals surface area (Å²) in [6.07, 6.45) is 0.999. The second kappa shape index (κ2) is 4.06. The second-order valence-electron chi connectivity index (χ2n) is 4.08. The lowest BCUT2D eigenvalue weighted by Crippen LogP contribution is -2.39. The minimum absolute atomic E-state index is 0.253. The first kappa shape index (κ1) is 10.8. The summed E-state index contributed by atoms with van der Waals surface area (Å²) in [7, 11) is 3.51. The standard InChI is InChI=1S/C10H16N2O2S/c1-12-4-3-6-7(5-12)15-9(11)8(6)10(13)14-2/h6-7H,3-5,11H2,1-2H3. The molecule has 2 aliphatic heterocycles. The first-order valence-corrected chi connectivity index (χ1v) is 5.94. The monoisotopic (exact) mass is 228 g/mol. The van der Waals surface area contributed by atoms with E-state index in [2.05, 4.69) is 11.9 Å². The summed E-state index contributed by atoms with van der Waals surface area (Å²) in [6.45, 7) is 2.02. The number of hydrogen-bond acceptors (Lipinski definition) is 5. The third-order valence-electron chi connectivity index (χ3n) is 3.08. The zero-order chi connectivity index (χ0) is 11.0. The number of fused-ring (bicyclic) bond motifs is 1. The molecule has 2 rings (SSSR count). The third-order valence-corrected chi connectivity index (χ3v) is 4.34. The Kier molecular flexibility index (Phi) is 2.93. The van der Waals surface area contributed by atoms with Gasteiger partial charge in [0.25, 0.3) is 0 Å². The minimum atomic E-state index is -0.253. The fraction of sp³-hybridized carbons (Fsp3) is 0.700. The molecule has 0 saturated carbocycles. The van der Waals surface area contributed by atoms with Crippen LogP contribution >= 0.6 is 11.8 Å². The molecule has 0 aromatic carbocycles. The van der Waals surface area contributed by atoms with Gasteiger partial charge in [0, 0.05) is 17.7 Å². The van der Waals surface area contributed by atoms with Gasteiger partial charge in [-0.2, -0.15) is 0 Å². The number of nitrogens with zero attached hydrogens (tertiary/aromatic N) is 1. The van der Waals surface area contributed by atoms with Gasteiger partial charge in [-0.25, -0.2) is 4.79 Å². The summed E-state index contributed by atoms with van der Waals surface area (Å²) in [6, 6.07) is 0. The fourth-order valence-corrected chi connectivity index (χ4v) is 3.75. The highest BCUT2D eigenvalue weighted by molar-refractivity contribution is 8.04. The van der Waals surface area contributed by atoms with Crippen molar-refractivity contribution in [2.75, 3.05) is 27.2 Å². The zero-order valence-corrected chi connectivity index (χ0v) is 9.84. The van der Waals surface area contributed by atoms with Crippen LogP contribution in [0.2, 0.25) is 0 Å². The summed E-state index contributed by atoms with van der Waals surface area (Å²) in [5.74, 6) is 0.0377. The van der Waals surface area contributed by atoms with Gasteiger partial charge in [-0.1, -0.05) is 0 Å². The van der Waals surface area contributed by atoms with Crippen LogP contribution in [0.15, 0.2) is 10.6 Å². The Hall–Kier alpha value is -0.680. The number of thioether (sulfide) groups is 1. The normalized spacial score (nSPS) is 31.6. The predicted octanol–water partition coefficient (Wildman–Crippen LogP) is 0.397. The Labute approximate surface area is 93.8 Å². The topological polar surface area (TPSA) is 55.6 Å². The molecular formula is C10H16N2O2S. The molecule has 0 aliphatic carbocycles. The molecule has 2 heterocycles. The van der Waals surface area contributed by atoms with Crippen molar-refractivity contribution < 1.29 is 9.53 Å². The van der Waals surface area contributed by atoms with Crippen molar-refractivity contribution in [1.82, 2.24) is 4.90 Å². The van der Waals surface area contributed by atoms with Gasteiger partial charge in [0.2, 0.25) is 0 Å². The van der Waals surface area contributed by atoms with E-state index in [1.807, 2.05) is 0 Å². The smallest absolute Gasteiger partial charge is 0.336 e. The molecule has 2 atom stereocenters. The lowest BCUT2D eigenvalue weighted by Gasteiger charge is -2.32. The summed E-state index contributed by atoms with van der Waals surface area (Å²) >= 11 is 1.62. The van der Waals surface area contributed by atoms with Crippen molar-refractivity contribution in [3.8, 4) is 0 Å². The van der Waals surface area contributed by atoms with Crippen molar-refractivity contribution in [1.29, 1.82) is 0 Å². The molecule has 4 nitrogen and oxygen atoms in total. The number of carbonyl (C=O) groups is 1. The molecule has 5 heteroatoms. The van der Waals surface area contributed by atoms with Gasteiger partial charge in [0.1, 0.15) is 0 Å². The first-order valence-electron chi connectivity index (χ1n) is 5.06. The highest BCUT2D eigenvalue weighted by Crippen LogP contribution is 2.43. The Morgan fingerprint density at radius 1 is 1.67 bits per heavy atom. The molecule has 1 saturated heterocycles. The molecule has 84 valence electrons. The van der Waals surface area contributed by atoms with E-state index >= 15 is 0 Å². The number of nitrogens with two attached hydrogens (primary N) is 1. The quantitative estimate of drug-likeness (QED) is 0.658. The lowest BCUT2D eigenvalue weighted by molar-refractivity contribution is -0.136. The van der Waals surface area contributed by atoms with Gasteiger partial charge >= 0.3 is 5.97 Å². The van der Waals surface area contributed by atoms with Gasteiger partial charge in [-0.3, -0.25) is 0 Å². The molecule has 2 N–H and O–H groups in total. The molecule has 0 radical (unpaired) electrons. The molecule has 15 heavy (non-hydrogen) atoms. The van der Waals surface area contributed by atoms with Crippen molar-refractivity contribution >= 4 is 17.7 Å². The zero-order valence-electron chi connectivity index (χ0n) is 9.03. The predicted molar refractivity (Wildman–Crippen MR) is 60.2 cm³/mol. The number of piperidine rings is 1. The van der Waals surface area contributed by atoms with E-state index in [-0.39, 0.29) is 5.97 Å². The molecular weight excluding hydrogens is 212 g/mol. The van der Waals surface area contributed by atoms with E-state index in [4.69, 9.17) is 10.5 Å². The average molecular weight is 228 g/mol. The number of hydrogen-bond donors (Lipinski definition) is 1. The SMILES string of the molecule is COC(=O)C1=C(N)SC2CN(C)CCC12. The molecule has 2 aliphatic rings. The van der Waals surface area contributed by atoms with Crippen LogP contribution in [0.5, 0.6) is 0 Å². The Morgan fingerprint density at radius 3 is 3.07 bits per heavy atom.